The molecule has 1 saturated heterocycles. The molecule has 1 aliphatic rings. The maximum atomic E-state index is 12.1. The van der Waals surface area contributed by atoms with Crippen molar-refractivity contribution in [2.75, 3.05) is 20.2 Å². The fourth-order valence-corrected chi connectivity index (χ4v) is 3.30. The van der Waals surface area contributed by atoms with Crippen LogP contribution < -0.4 is 5.32 Å². The smallest absolute Gasteiger partial charge is 0.239 e. The van der Waals surface area contributed by atoms with Gasteiger partial charge in [-0.2, -0.15) is 0 Å². The number of carbonyl (C=O) groups excluding carboxylic acids is 1. The predicted molar refractivity (Wildman–Crippen MR) is 88.2 cm³/mol. The van der Waals surface area contributed by atoms with Gasteiger partial charge in [-0.25, -0.2) is 0 Å². The van der Waals surface area contributed by atoms with Crippen molar-refractivity contribution in [1.82, 2.24) is 10.2 Å². The van der Waals surface area contributed by atoms with Crippen molar-refractivity contribution < 1.29 is 25.2 Å². The summed E-state index contributed by atoms with van der Waals surface area (Å²) in [5.74, 6) is -0.452. The number of nitrogens with one attached hydrogen (secondary N) is 1. The second kappa shape index (κ2) is 8.55. The van der Waals surface area contributed by atoms with Crippen molar-refractivity contribution in [3.05, 3.63) is 35.9 Å². The molecule has 0 bridgehead atoms. The van der Waals surface area contributed by atoms with E-state index in [1.165, 1.54) is 7.05 Å². The first-order chi connectivity index (χ1) is 11.5. The quantitative estimate of drug-likeness (QED) is 0.431. The number of hydrogen-bond acceptors (Lipinski definition) is 6. The van der Waals surface area contributed by atoms with Gasteiger partial charge in [0.25, 0.3) is 0 Å². The highest BCUT2D eigenvalue weighted by molar-refractivity contribution is 5.82. The van der Waals surface area contributed by atoms with Crippen molar-refractivity contribution in [2.24, 2.45) is 0 Å². The summed E-state index contributed by atoms with van der Waals surface area (Å²) in [7, 11) is 1.45. The number of aliphatic hydroxyl groups excluding tert-OH is 4. The van der Waals surface area contributed by atoms with Crippen LogP contribution in [0.4, 0.5) is 0 Å². The second-order valence-corrected chi connectivity index (χ2v) is 6.11. The minimum absolute atomic E-state index is 0.402. The molecule has 0 unspecified atom stereocenters. The van der Waals surface area contributed by atoms with Gasteiger partial charge in [0.15, 0.2) is 0 Å². The largest absolute Gasteiger partial charge is 0.395 e. The lowest BCUT2D eigenvalue weighted by Crippen LogP contribution is -2.70. The first-order valence-electron chi connectivity index (χ1n) is 8.17. The number of carbonyl (C=O) groups is 1. The van der Waals surface area contributed by atoms with Crippen LogP contribution in [0.5, 0.6) is 0 Å². The molecule has 1 aromatic carbocycles. The zero-order valence-electron chi connectivity index (χ0n) is 13.7. The Balaban J connectivity index is 2.12. The summed E-state index contributed by atoms with van der Waals surface area (Å²) in [5.41, 5.74) is 1.15. The van der Waals surface area contributed by atoms with Crippen LogP contribution in [0.3, 0.4) is 0 Å². The Kier molecular flexibility index (Phi) is 6.70. The van der Waals surface area contributed by atoms with E-state index in [0.717, 1.165) is 12.0 Å². The number of benzene rings is 1. The summed E-state index contributed by atoms with van der Waals surface area (Å²) in [6.07, 6.45) is -2.76. The van der Waals surface area contributed by atoms with Gasteiger partial charge in [-0.1, -0.05) is 30.3 Å². The average molecular weight is 338 g/mol. The monoisotopic (exact) mass is 338 g/mol. The third kappa shape index (κ3) is 3.93. The molecule has 2 rings (SSSR count). The van der Waals surface area contributed by atoms with Gasteiger partial charge in [0, 0.05) is 7.05 Å². The van der Waals surface area contributed by atoms with Gasteiger partial charge < -0.3 is 25.7 Å². The third-order valence-electron chi connectivity index (χ3n) is 4.63. The molecule has 1 aliphatic heterocycles. The molecule has 5 N–H and O–H groups in total. The molecular weight excluding hydrogens is 312 g/mol. The maximum absolute atomic E-state index is 12.1. The number of nitrogens with zero attached hydrogens (tertiary/aromatic N) is 1. The molecule has 1 fully saturated rings. The number of likely N-dealkylation sites (tertiary alicyclic amines) is 1. The summed E-state index contributed by atoms with van der Waals surface area (Å²) in [5, 5.41) is 42.4. The van der Waals surface area contributed by atoms with E-state index in [1.807, 2.05) is 30.3 Å². The van der Waals surface area contributed by atoms with Crippen molar-refractivity contribution in [1.29, 1.82) is 0 Å². The van der Waals surface area contributed by atoms with Crippen LogP contribution in [0.15, 0.2) is 30.3 Å². The fraction of sp³-hybridized carbons (Fsp3) is 0.588. The number of aliphatic hydroxyl groups is 4. The highest BCUT2D eigenvalue weighted by Gasteiger charge is 2.49. The van der Waals surface area contributed by atoms with Crippen LogP contribution >= 0.6 is 0 Å². The van der Waals surface area contributed by atoms with E-state index in [9.17, 15) is 25.2 Å². The van der Waals surface area contributed by atoms with Crippen LogP contribution in [0, 0.1) is 0 Å². The normalized spacial score (nSPS) is 31.0. The van der Waals surface area contributed by atoms with Crippen molar-refractivity contribution in [3.63, 3.8) is 0 Å². The average Bonchev–Trinajstić information content (AvgIpc) is 2.60. The number of hydrogen-bond donors (Lipinski definition) is 5. The lowest BCUT2D eigenvalue weighted by Gasteiger charge is -2.47. The van der Waals surface area contributed by atoms with Gasteiger partial charge in [0.05, 0.1) is 12.6 Å². The van der Waals surface area contributed by atoms with E-state index in [-0.39, 0.29) is 0 Å². The van der Waals surface area contributed by atoms with E-state index >= 15 is 0 Å². The number of rotatable bonds is 6. The molecule has 7 nitrogen and oxygen atoms in total. The van der Waals surface area contributed by atoms with Crippen LogP contribution in [0.25, 0.3) is 0 Å². The van der Waals surface area contributed by atoms with Crippen LogP contribution in [0.1, 0.15) is 12.0 Å². The van der Waals surface area contributed by atoms with E-state index in [4.69, 9.17) is 0 Å². The van der Waals surface area contributed by atoms with Crippen molar-refractivity contribution >= 4 is 5.91 Å². The molecule has 7 heteroatoms. The maximum Gasteiger partial charge on any atom is 0.239 e. The van der Waals surface area contributed by atoms with Gasteiger partial charge in [0.2, 0.25) is 5.91 Å². The Morgan fingerprint density at radius 1 is 1.12 bits per heavy atom. The third-order valence-corrected chi connectivity index (χ3v) is 4.63. The summed E-state index contributed by atoms with van der Waals surface area (Å²) >= 11 is 0. The van der Waals surface area contributed by atoms with Crippen LogP contribution in [-0.2, 0) is 11.2 Å². The minimum atomic E-state index is -1.48. The van der Waals surface area contributed by atoms with Crippen molar-refractivity contribution in [3.8, 4) is 0 Å². The van der Waals surface area contributed by atoms with Crippen molar-refractivity contribution in [2.45, 2.75) is 43.2 Å². The van der Waals surface area contributed by atoms with E-state index in [1.54, 1.807) is 4.90 Å². The standard InChI is InChI=1S/C17H26N2O5/c1-18-17(24)13-15(22)16(23)14(21)12(10-20)19(13)9-5-8-11-6-3-2-4-7-11/h2-4,6-7,12-16,20-23H,5,8-10H2,1H3,(H,18,24)/t12-,13+,14-,15-,16+/m1/s1. The molecule has 24 heavy (non-hydrogen) atoms. The van der Waals surface area contributed by atoms with Gasteiger partial charge in [-0.05, 0) is 24.9 Å². The highest BCUT2D eigenvalue weighted by Crippen LogP contribution is 2.25. The molecule has 5 atom stereocenters. The van der Waals surface area contributed by atoms with Gasteiger partial charge in [-0.3, -0.25) is 9.69 Å². The lowest BCUT2D eigenvalue weighted by molar-refractivity contribution is -0.178. The Morgan fingerprint density at radius 2 is 1.79 bits per heavy atom. The van der Waals surface area contributed by atoms with Crippen LogP contribution in [0.2, 0.25) is 0 Å². The molecule has 134 valence electrons. The molecule has 0 radical (unpaired) electrons. The van der Waals surface area contributed by atoms with Gasteiger partial charge in [-0.15, -0.1) is 0 Å². The van der Waals surface area contributed by atoms with Crippen LogP contribution in [-0.4, -0.2) is 81.8 Å². The Morgan fingerprint density at radius 3 is 2.38 bits per heavy atom. The zero-order valence-corrected chi connectivity index (χ0v) is 13.7. The molecule has 0 aliphatic carbocycles. The summed E-state index contributed by atoms with van der Waals surface area (Å²) < 4.78 is 0. The summed E-state index contributed by atoms with van der Waals surface area (Å²) in [6.45, 7) is -0.0111. The topological polar surface area (TPSA) is 113 Å². The molecule has 0 aromatic heterocycles. The number of aryl methyl sites for hydroxylation is 1. The molecular formula is C17H26N2O5. The first-order valence-corrected chi connectivity index (χ1v) is 8.17. The highest BCUT2D eigenvalue weighted by atomic mass is 16.4. The fourth-order valence-electron chi connectivity index (χ4n) is 3.30. The predicted octanol–water partition coefficient (Wildman–Crippen LogP) is -1.51. The van der Waals surface area contributed by atoms with E-state index in [0.29, 0.717) is 13.0 Å². The molecule has 0 spiro atoms. The van der Waals surface area contributed by atoms with Gasteiger partial charge in [0.1, 0.15) is 24.4 Å². The Hall–Kier alpha value is -1.51. The van der Waals surface area contributed by atoms with E-state index in [2.05, 4.69) is 5.32 Å². The second-order valence-electron chi connectivity index (χ2n) is 6.11. The molecule has 1 heterocycles. The molecule has 1 aromatic rings. The van der Waals surface area contributed by atoms with Gasteiger partial charge >= 0.3 is 0 Å². The number of piperidine rings is 1. The zero-order chi connectivity index (χ0) is 17.7. The Labute approximate surface area is 141 Å². The lowest BCUT2D eigenvalue weighted by atomic mass is 9.87. The number of amides is 1. The Bertz CT molecular complexity index is 527. The minimum Gasteiger partial charge on any atom is -0.395 e. The summed E-state index contributed by atoms with van der Waals surface area (Å²) in [4.78, 5) is 13.7. The first kappa shape index (κ1) is 18.8. The number of likely N-dealkylation sites (N-methyl/N-ethyl adjacent to an activating group) is 1. The summed E-state index contributed by atoms with van der Waals surface area (Å²) in [6, 6.07) is 8.02. The molecule has 0 saturated carbocycles. The van der Waals surface area contributed by atoms with E-state index < -0.39 is 42.9 Å². The molecule has 1 amide bonds. The SMILES string of the molecule is CNC(=O)[C@@H]1[C@@H](O)[C@@H](O)[C@H](O)[C@@H](CO)N1CCCc1ccccc1.